The van der Waals surface area contributed by atoms with E-state index in [1.165, 1.54) is 10.9 Å². The van der Waals surface area contributed by atoms with E-state index < -0.39 is 0 Å². The third-order valence-electron chi connectivity index (χ3n) is 5.95. The van der Waals surface area contributed by atoms with Crippen LogP contribution in [0, 0.1) is 6.92 Å². The van der Waals surface area contributed by atoms with Crippen LogP contribution in [-0.2, 0) is 24.3 Å². The zero-order chi connectivity index (χ0) is 25.2. The monoisotopic (exact) mass is 486 g/mol. The number of hydrogen-bond acceptors (Lipinski definition) is 7. The van der Waals surface area contributed by atoms with Crippen LogP contribution >= 0.6 is 0 Å². The molecule has 0 unspecified atom stereocenters. The third kappa shape index (κ3) is 4.45. The first kappa shape index (κ1) is 23.3. The number of nitrogens with zero attached hydrogens (tertiary/aromatic N) is 5. The minimum atomic E-state index is -0.290. The fraction of sp³-hybridized carbons (Fsp3) is 0.269. The summed E-state index contributed by atoms with van der Waals surface area (Å²) >= 11 is 0. The van der Waals surface area contributed by atoms with Gasteiger partial charge in [0.2, 0.25) is 11.8 Å². The number of benzene rings is 2. The Labute approximate surface area is 206 Å². The van der Waals surface area contributed by atoms with Gasteiger partial charge in [0, 0.05) is 17.5 Å². The van der Waals surface area contributed by atoms with Gasteiger partial charge in [0.25, 0.3) is 5.56 Å². The molecular formula is C26H26N6O4. The van der Waals surface area contributed by atoms with Crippen LogP contribution in [0.5, 0.6) is 5.75 Å². The highest BCUT2D eigenvalue weighted by atomic mass is 16.5. The van der Waals surface area contributed by atoms with Crippen molar-refractivity contribution in [1.29, 1.82) is 0 Å². The van der Waals surface area contributed by atoms with Gasteiger partial charge in [-0.05, 0) is 49.7 Å². The number of carbonyl (C=O) groups excluding carboxylic acids is 1. The van der Waals surface area contributed by atoms with Crippen LogP contribution in [0.3, 0.4) is 0 Å². The van der Waals surface area contributed by atoms with E-state index in [1.54, 1.807) is 35.9 Å². The molecular weight excluding hydrogens is 460 g/mol. The van der Waals surface area contributed by atoms with E-state index in [2.05, 4.69) is 20.4 Å². The Morgan fingerprint density at radius 3 is 2.72 bits per heavy atom. The van der Waals surface area contributed by atoms with Gasteiger partial charge in [-0.25, -0.2) is 4.98 Å². The molecule has 0 aliphatic heterocycles. The molecule has 0 radical (unpaired) electrons. The Hall–Kier alpha value is -4.47. The van der Waals surface area contributed by atoms with Crippen LogP contribution in [0.1, 0.15) is 30.6 Å². The maximum absolute atomic E-state index is 13.6. The van der Waals surface area contributed by atoms with Crippen molar-refractivity contribution in [3.05, 3.63) is 76.4 Å². The lowest BCUT2D eigenvalue weighted by molar-refractivity contribution is -0.116. The predicted molar refractivity (Wildman–Crippen MR) is 135 cm³/mol. The molecule has 3 heterocycles. The summed E-state index contributed by atoms with van der Waals surface area (Å²) < 4.78 is 13.6. The molecule has 1 N–H and O–H groups in total. The summed E-state index contributed by atoms with van der Waals surface area (Å²) in [4.78, 5) is 35.6. The highest BCUT2D eigenvalue weighted by Crippen LogP contribution is 2.27. The van der Waals surface area contributed by atoms with Crippen LogP contribution in [-0.4, -0.2) is 37.3 Å². The van der Waals surface area contributed by atoms with E-state index in [-0.39, 0.29) is 24.6 Å². The number of anilines is 1. The molecule has 0 atom stereocenters. The van der Waals surface area contributed by atoms with Crippen molar-refractivity contribution in [2.45, 2.75) is 39.8 Å². The van der Waals surface area contributed by atoms with Gasteiger partial charge in [-0.3, -0.25) is 14.2 Å². The Morgan fingerprint density at radius 2 is 1.97 bits per heavy atom. The number of aryl methyl sites for hydroxylation is 2. The molecule has 0 spiro atoms. The molecule has 0 aliphatic rings. The number of fused-ring (bicyclic) bond motifs is 3. The number of aromatic nitrogens is 5. The number of nitrogens with one attached hydrogen (secondary N) is 1. The Bertz CT molecular complexity index is 1610. The molecule has 0 bridgehead atoms. The molecule has 0 saturated heterocycles. The average Bonchev–Trinajstić information content (AvgIpc) is 3.43. The van der Waals surface area contributed by atoms with Crippen molar-refractivity contribution in [1.82, 2.24) is 24.3 Å². The minimum absolute atomic E-state index is 0.0583. The Balaban J connectivity index is 1.53. The lowest BCUT2D eigenvalue weighted by atomic mass is 10.1. The molecule has 3 aromatic heterocycles. The van der Waals surface area contributed by atoms with E-state index in [1.807, 2.05) is 32.0 Å². The van der Waals surface area contributed by atoms with E-state index in [0.717, 1.165) is 22.9 Å². The Morgan fingerprint density at radius 1 is 1.17 bits per heavy atom. The van der Waals surface area contributed by atoms with Crippen LogP contribution < -0.4 is 15.6 Å². The highest BCUT2D eigenvalue weighted by molar-refractivity contribution is 6.06. The summed E-state index contributed by atoms with van der Waals surface area (Å²) in [7, 11) is 1.58. The molecule has 0 saturated carbocycles. The topological polar surface area (TPSA) is 117 Å². The normalized spacial score (nSPS) is 11.3. The number of methoxy groups -OCH3 is 1. The standard InChI is InChI=1S/C26H26N6O4/c1-4-5-21-29-23(36-30-21)14-31-15-27-24-19-12-16(2)6-11-20(19)32(25(24)26(31)34)13-22(33)28-17-7-9-18(35-3)10-8-17/h6-12,15H,4-5,13-14H2,1-3H3,(H,28,33). The summed E-state index contributed by atoms with van der Waals surface area (Å²) in [5.41, 5.74) is 3.02. The number of rotatable bonds is 8. The van der Waals surface area contributed by atoms with Gasteiger partial charge in [-0.1, -0.05) is 23.7 Å². The van der Waals surface area contributed by atoms with Crippen LogP contribution in [0.4, 0.5) is 5.69 Å². The van der Waals surface area contributed by atoms with Crippen molar-refractivity contribution >= 4 is 33.5 Å². The summed E-state index contributed by atoms with van der Waals surface area (Å²) in [6, 6.07) is 12.9. The molecule has 2 aromatic carbocycles. The number of amides is 1. The summed E-state index contributed by atoms with van der Waals surface area (Å²) in [6.07, 6.45) is 3.08. The maximum Gasteiger partial charge on any atom is 0.278 e. The molecule has 10 nitrogen and oxygen atoms in total. The summed E-state index contributed by atoms with van der Waals surface area (Å²) in [5, 5.41) is 7.66. The van der Waals surface area contributed by atoms with Gasteiger partial charge in [-0.15, -0.1) is 0 Å². The fourth-order valence-electron chi connectivity index (χ4n) is 4.23. The molecule has 36 heavy (non-hydrogen) atoms. The number of carbonyl (C=O) groups is 1. The molecule has 184 valence electrons. The molecule has 5 rings (SSSR count). The zero-order valence-electron chi connectivity index (χ0n) is 20.3. The summed E-state index contributed by atoms with van der Waals surface area (Å²) in [5.74, 6) is 1.36. The van der Waals surface area contributed by atoms with E-state index in [0.29, 0.717) is 40.6 Å². The lowest BCUT2D eigenvalue weighted by Crippen LogP contribution is -2.25. The number of hydrogen-bond donors (Lipinski definition) is 1. The van der Waals surface area contributed by atoms with Gasteiger partial charge >= 0.3 is 0 Å². The lowest BCUT2D eigenvalue weighted by Gasteiger charge is -2.10. The van der Waals surface area contributed by atoms with Crippen LogP contribution in [0.15, 0.2) is 58.1 Å². The SMILES string of the molecule is CCCc1noc(Cn2cnc3c4cc(C)ccc4n(CC(=O)Nc4ccc(OC)cc4)c3c2=O)n1. The van der Waals surface area contributed by atoms with Gasteiger partial charge in [0.1, 0.15) is 29.9 Å². The largest absolute Gasteiger partial charge is 0.497 e. The van der Waals surface area contributed by atoms with Gasteiger partial charge in [-0.2, -0.15) is 4.98 Å². The molecule has 0 aliphatic carbocycles. The third-order valence-corrected chi connectivity index (χ3v) is 5.95. The van der Waals surface area contributed by atoms with E-state index in [9.17, 15) is 9.59 Å². The van der Waals surface area contributed by atoms with Crippen molar-refractivity contribution in [2.75, 3.05) is 12.4 Å². The average molecular weight is 487 g/mol. The number of ether oxygens (including phenoxy) is 1. The second-order valence-electron chi connectivity index (χ2n) is 8.61. The van der Waals surface area contributed by atoms with E-state index in [4.69, 9.17) is 9.26 Å². The first-order valence-corrected chi connectivity index (χ1v) is 11.7. The quantitative estimate of drug-likeness (QED) is 0.355. The van der Waals surface area contributed by atoms with Crippen LogP contribution in [0.2, 0.25) is 0 Å². The van der Waals surface area contributed by atoms with Crippen LogP contribution in [0.25, 0.3) is 21.9 Å². The van der Waals surface area contributed by atoms with Crippen molar-refractivity contribution in [3.8, 4) is 5.75 Å². The van der Waals surface area contributed by atoms with Gasteiger partial charge < -0.3 is 19.1 Å². The maximum atomic E-state index is 13.6. The van der Waals surface area contributed by atoms with Gasteiger partial charge in [0.05, 0.1) is 19.0 Å². The first-order valence-electron chi connectivity index (χ1n) is 11.7. The smallest absolute Gasteiger partial charge is 0.278 e. The summed E-state index contributed by atoms with van der Waals surface area (Å²) in [6.45, 7) is 4.04. The van der Waals surface area contributed by atoms with Crippen molar-refractivity contribution in [3.63, 3.8) is 0 Å². The van der Waals surface area contributed by atoms with E-state index >= 15 is 0 Å². The molecule has 1 amide bonds. The first-order chi connectivity index (χ1) is 17.5. The molecule has 5 aromatic rings. The molecule has 10 heteroatoms. The minimum Gasteiger partial charge on any atom is -0.497 e. The van der Waals surface area contributed by atoms with Crippen molar-refractivity contribution < 1.29 is 14.1 Å². The Kier molecular flexibility index (Phi) is 6.24. The second kappa shape index (κ2) is 9.65. The predicted octanol–water partition coefficient (Wildman–Crippen LogP) is 3.69. The second-order valence-corrected chi connectivity index (χ2v) is 8.61. The fourth-order valence-corrected chi connectivity index (χ4v) is 4.23. The van der Waals surface area contributed by atoms with Crippen molar-refractivity contribution in [2.24, 2.45) is 0 Å². The highest BCUT2D eigenvalue weighted by Gasteiger charge is 2.19. The van der Waals surface area contributed by atoms with Gasteiger partial charge in [0.15, 0.2) is 5.82 Å². The molecule has 0 fully saturated rings. The zero-order valence-corrected chi connectivity index (χ0v) is 20.3.